The van der Waals surface area contributed by atoms with Crippen LogP contribution < -0.4 is 4.90 Å². The average molecular weight is 562 g/mol. The lowest BCUT2D eigenvalue weighted by atomic mass is 10.1. The molecule has 2 aromatic carbocycles. The molecule has 1 amide bonds. The summed E-state index contributed by atoms with van der Waals surface area (Å²) in [6.07, 6.45) is -9.46. The summed E-state index contributed by atoms with van der Waals surface area (Å²) in [6.45, 7) is -0.146. The van der Waals surface area contributed by atoms with Crippen LogP contribution in [0.15, 0.2) is 53.1 Å². The third-order valence-corrected chi connectivity index (χ3v) is 7.41. The number of halogens is 6. The van der Waals surface area contributed by atoms with E-state index in [0.717, 1.165) is 17.0 Å². The van der Waals surface area contributed by atoms with Gasteiger partial charge < -0.3 is 9.42 Å². The highest BCUT2D eigenvalue weighted by Crippen LogP contribution is 2.33. The zero-order valence-electron chi connectivity index (χ0n) is 19.5. The molecule has 15 heteroatoms. The molecular formula is C23H20F6N4O4S. The Balaban J connectivity index is 1.57. The van der Waals surface area contributed by atoms with Crippen LogP contribution in [0.4, 0.5) is 32.0 Å². The zero-order chi connectivity index (χ0) is 27.7. The van der Waals surface area contributed by atoms with Gasteiger partial charge in [-0.1, -0.05) is 35.5 Å². The summed E-state index contributed by atoms with van der Waals surface area (Å²) in [5.41, 5.74) is -0.323. The maximum atomic E-state index is 13.3. The Labute approximate surface area is 212 Å². The number of aromatic nitrogens is 2. The third-order valence-electron chi connectivity index (χ3n) is 5.80. The van der Waals surface area contributed by atoms with Crippen LogP contribution in [-0.2, 0) is 33.5 Å². The zero-order valence-corrected chi connectivity index (χ0v) is 20.3. The Kier molecular flexibility index (Phi) is 7.52. The molecular weight excluding hydrogens is 542 g/mol. The van der Waals surface area contributed by atoms with E-state index < -0.39 is 39.6 Å². The Bertz CT molecular complexity index is 1390. The number of carbonyl (C=O) groups is 1. The van der Waals surface area contributed by atoms with E-state index in [4.69, 9.17) is 0 Å². The smallest absolute Gasteiger partial charge is 0.329 e. The monoisotopic (exact) mass is 562 g/mol. The molecule has 0 bridgehead atoms. The molecule has 1 aliphatic rings. The van der Waals surface area contributed by atoms with E-state index in [0.29, 0.717) is 5.56 Å². The molecule has 0 spiro atoms. The van der Waals surface area contributed by atoms with Gasteiger partial charge in [-0.3, -0.25) is 9.69 Å². The number of nitrogens with zero attached hydrogens (tertiary/aromatic N) is 4. The van der Waals surface area contributed by atoms with E-state index in [1.165, 1.54) is 36.4 Å². The van der Waals surface area contributed by atoms with Crippen molar-refractivity contribution in [1.29, 1.82) is 0 Å². The van der Waals surface area contributed by atoms with Crippen molar-refractivity contribution < 1.29 is 44.1 Å². The summed E-state index contributed by atoms with van der Waals surface area (Å²) < 4.78 is 106. The molecule has 0 radical (unpaired) electrons. The number of sulfone groups is 1. The van der Waals surface area contributed by atoms with Crippen LogP contribution in [0.2, 0.25) is 0 Å². The second-order valence-electron chi connectivity index (χ2n) is 8.57. The number of hydrogen-bond donors (Lipinski definition) is 0. The van der Waals surface area contributed by atoms with E-state index in [1.807, 2.05) is 0 Å². The highest BCUT2D eigenvalue weighted by molar-refractivity contribution is 7.91. The second-order valence-corrected chi connectivity index (χ2v) is 10.9. The number of amides is 1. The Hall–Kier alpha value is -3.46. The topological polar surface area (TPSA) is 96.6 Å². The van der Waals surface area contributed by atoms with Gasteiger partial charge in [0.2, 0.25) is 11.7 Å². The first-order valence-electron chi connectivity index (χ1n) is 11.1. The molecule has 0 unspecified atom stereocenters. The van der Waals surface area contributed by atoms with Crippen molar-refractivity contribution in [2.75, 3.05) is 36.0 Å². The molecule has 0 saturated carbocycles. The van der Waals surface area contributed by atoms with Crippen molar-refractivity contribution in [1.82, 2.24) is 15.0 Å². The van der Waals surface area contributed by atoms with Gasteiger partial charge in [-0.15, -0.1) is 0 Å². The average Bonchev–Trinajstić information content (AvgIpc) is 3.35. The van der Waals surface area contributed by atoms with Gasteiger partial charge in [0.1, 0.15) is 0 Å². The van der Waals surface area contributed by atoms with Crippen molar-refractivity contribution in [2.45, 2.75) is 18.9 Å². The van der Waals surface area contributed by atoms with Gasteiger partial charge in [0.15, 0.2) is 9.84 Å². The number of alkyl halides is 6. The SMILES string of the molecule is O=C(CN1CCS(=O)(=O)CC1)N(Cc1ccc(-c2noc(C(F)(F)F)n2)cc1)c1cccc(C(F)(F)F)c1. The van der Waals surface area contributed by atoms with Gasteiger partial charge in [-0.25, -0.2) is 8.42 Å². The van der Waals surface area contributed by atoms with Gasteiger partial charge in [-0.2, -0.15) is 31.3 Å². The van der Waals surface area contributed by atoms with Crippen LogP contribution in [0.3, 0.4) is 0 Å². The highest BCUT2D eigenvalue weighted by atomic mass is 32.2. The molecule has 4 rings (SSSR count). The largest absolute Gasteiger partial charge is 0.471 e. The van der Waals surface area contributed by atoms with Crippen molar-refractivity contribution in [3.8, 4) is 11.4 Å². The quantitative estimate of drug-likeness (QED) is 0.419. The van der Waals surface area contributed by atoms with Crippen molar-refractivity contribution in [3.63, 3.8) is 0 Å². The molecule has 204 valence electrons. The van der Waals surface area contributed by atoms with Gasteiger partial charge >= 0.3 is 18.2 Å². The van der Waals surface area contributed by atoms with Gasteiger partial charge in [-0.05, 0) is 23.8 Å². The van der Waals surface area contributed by atoms with E-state index in [9.17, 15) is 39.6 Å². The lowest BCUT2D eigenvalue weighted by Gasteiger charge is -2.30. The molecule has 38 heavy (non-hydrogen) atoms. The number of rotatable bonds is 6. The maximum Gasteiger partial charge on any atom is 0.471 e. The first-order valence-corrected chi connectivity index (χ1v) is 12.9. The van der Waals surface area contributed by atoms with Crippen LogP contribution in [-0.4, -0.2) is 60.5 Å². The molecule has 2 heterocycles. The third kappa shape index (κ3) is 6.69. The summed E-state index contributed by atoms with van der Waals surface area (Å²) in [6, 6.07) is 9.96. The summed E-state index contributed by atoms with van der Waals surface area (Å²) in [4.78, 5) is 19.3. The van der Waals surface area contributed by atoms with E-state index >= 15 is 0 Å². The van der Waals surface area contributed by atoms with Gasteiger partial charge in [0.05, 0.1) is 30.2 Å². The van der Waals surface area contributed by atoms with Crippen molar-refractivity contribution in [3.05, 3.63) is 65.5 Å². The first kappa shape index (κ1) is 27.6. The lowest BCUT2D eigenvalue weighted by Crippen LogP contribution is -2.46. The Morgan fingerprint density at radius 3 is 2.21 bits per heavy atom. The second kappa shape index (κ2) is 10.4. The van der Waals surface area contributed by atoms with Crippen molar-refractivity contribution in [2.24, 2.45) is 0 Å². The lowest BCUT2D eigenvalue weighted by molar-refractivity contribution is -0.159. The van der Waals surface area contributed by atoms with Crippen molar-refractivity contribution >= 4 is 21.4 Å². The minimum absolute atomic E-state index is 0.0217. The predicted molar refractivity (Wildman–Crippen MR) is 122 cm³/mol. The Morgan fingerprint density at radius 1 is 0.974 bits per heavy atom. The molecule has 3 aromatic rings. The summed E-state index contributed by atoms with van der Waals surface area (Å²) in [7, 11) is -3.20. The fraction of sp³-hybridized carbons (Fsp3) is 0.348. The molecule has 1 fully saturated rings. The van der Waals surface area contributed by atoms with E-state index in [1.54, 1.807) is 4.90 Å². The fourth-order valence-corrected chi connectivity index (χ4v) is 5.03. The normalized spacial score (nSPS) is 16.4. The van der Waals surface area contributed by atoms with Crippen LogP contribution in [0.25, 0.3) is 11.4 Å². The molecule has 1 aromatic heterocycles. The molecule has 0 atom stereocenters. The van der Waals surface area contributed by atoms with E-state index in [2.05, 4.69) is 14.7 Å². The van der Waals surface area contributed by atoms with Crippen LogP contribution in [0, 0.1) is 0 Å². The van der Waals surface area contributed by atoms with Crippen LogP contribution in [0.5, 0.6) is 0 Å². The number of hydrogen-bond acceptors (Lipinski definition) is 7. The van der Waals surface area contributed by atoms with Gasteiger partial charge in [0.25, 0.3) is 0 Å². The minimum atomic E-state index is -4.81. The summed E-state index contributed by atoms with van der Waals surface area (Å²) in [5, 5.41) is 3.30. The molecule has 0 aliphatic carbocycles. The Morgan fingerprint density at radius 2 is 1.63 bits per heavy atom. The van der Waals surface area contributed by atoms with Crippen LogP contribution >= 0.6 is 0 Å². The first-order chi connectivity index (χ1) is 17.7. The maximum absolute atomic E-state index is 13.3. The van der Waals surface area contributed by atoms with Gasteiger partial charge in [0, 0.05) is 24.3 Å². The highest BCUT2D eigenvalue weighted by Gasteiger charge is 2.38. The summed E-state index contributed by atoms with van der Waals surface area (Å²) >= 11 is 0. The molecule has 8 nitrogen and oxygen atoms in total. The number of benzene rings is 2. The number of carbonyl (C=O) groups excluding carboxylic acids is 1. The standard InChI is InChI=1S/C23H20F6N4O4S/c24-22(25,26)17-2-1-3-18(12-17)33(19(34)14-32-8-10-38(35,36)11-9-32)13-15-4-6-16(7-5-15)20-30-21(37-31-20)23(27,28)29/h1-7,12H,8-11,13-14H2. The minimum Gasteiger partial charge on any atom is -0.329 e. The predicted octanol–water partition coefficient (Wildman–Crippen LogP) is 4.04. The number of anilines is 1. The summed E-state index contributed by atoms with van der Waals surface area (Å²) in [5.74, 6) is -2.63. The van der Waals surface area contributed by atoms with E-state index in [-0.39, 0.29) is 54.8 Å². The molecule has 1 saturated heterocycles. The molecule has 1 aliphatic heterocycles. The molecule has 0 N–H and O–H groups in total. The van der Waals surface area contributed by atoms with Crippen LogP contribution in [0.1, 0.15) is 17.0 Å². The fourth-order valence-electron chi connectivity index (χ4n) is 3.76.